The predicted octanol–water partition coefficient (Wildman–Crippen LogP) is 4.53. The molecule has 0 spiro atoms. The van der Waals surface area contributed by atoms with Gasteiger partial charge in [-0.2, -0.15) is 0 Å². The van der Waals surface area contributed by atoms with Crippen molar-refractivity contribution in [3.8, 4) is 5.75 Å². The van der Waals surface area contributed by atoms with Crippen LogP contribution in [0.2, 0.25) is 0 Å². The summed E-state index contributed by atoms with van der Waals surface area (Å²) in [6, 6.07) is 22.7. The fourth-order valence-electron chi connectivity index (χ4n) is 2.98. The first-order valence-corrected chi connectivity index (χ1v) is 8.60. The maximum Gasteiger partial charge on any atom is 0.120 e. The Morgan fingerprint density at radius 3 is 2.56 bits per heavy atom. The molecule has 0 fully saturated rings. The minimum absolute atomic E-state index is 0.0733. The highest BCUT2D eigenvalue weighted by atomic mass is 16.5. The standard InChI is InChI=1S/C22H24O3/c1-24-12-11-21(15-23)20-7-4-8-22(14-20)25-16-17-9-10-18-5-2-3-6-19(18)13-17/h2-10,13-14,21,23H,11-12,15-16H2,1H3. The largest absolute Gasteiger partial charge is 0.489 e. The third-order valence-corrected chi connectivity index (χ3v) is 4.44. The van der Waals surface area contributed by atoms with Crippen molar-refractivity contribution in [1.82, 2.24) is 0 Å². The second-order valence-electron chi connectivity index (χ2n) is 6.20. The molecule has 3 aromatic rings. The Morgan fingerprint density at radius 2 is 1.76 bits per heavy atom. The summed E-state index contributed by atoms with van der Waals surface area (Å²) in [5, 5.41) is 12.1. The highest BCUT2D eigenvalue weighted by molar-refractivity contribution is 5.82. The van der Waals surface area contributed by atoms with Crippen molar-refractivity contribution < 1.29 is 14.6 Å². The molecule has 3 nitrogen and oxygen atoms in total. The van der Waals surface area contributed by atoms with Crippen LogP contribution >= 0.6 is 0 Å². The molecule has 3 rings (SSSR count). The molecule has 3 aromatic carbocycles. The molecule has 0 heterocycles. The van der Waals surface area contributed by atoms with Crippen LogP contribution < -0.4 is 4.74 Å². The van der Waals surface area contributed by atoms with Crippen molar-refractivity contribution in [2.75, 3.05) is 20.3 Å². The highest BCUT2D eigenvalue weighted by Gasteiger charge is 2.11. The van der Waals surface area contributed by atoms with E-state index in [9.17, 15) is 5.11 Å². The lowest BCUT2D eigenvalue weighted by Gasteiger charge is -2.15. The number of hydrogen-bond acceptors (Lipinski definition) is 3. The normalized spacial score (nSPS) is 12.2. The molecule has 0 aliphatic carbocycles. The Morgan fingerprint density at radius 1 is 0.920 bits per heavy atom. The van der Waals surface area contributed by atoms with Crippen LogP contribution in [0, 0.1) is 0 Å². The fourth-order valence-corrected chi connectivity index (χ4v) is 2.98. The zero-order valence-electron chi connectivity index (χ0n) is 14.5. The molecule has 0 aliphatic heterocycles. The molecular weight excluding hydrogens is 312 g/mol. The summed E-state index contributed by atoms with van der Waals surface area (Å²) < 4.78 is 11.1. The molecule has 3 heteroatoms. The van der Waals surface area contributed by atoms with Gasteiger partial charge in [-0.3, -0.25) is 0 Å². The zero-order chi connectivity index (χ0) is 17.5. The van der Waals surface area contributed by atoms with Gasteiger partial charge < -0.3 is 14.6 Å². The Hall–Kier alpha value is -2.36. The molecule has 0 saturated heterocycles. The van der Waals surface area contributed by atoms with E-state index in [-0.39, 0.29) is 12.5 Å². The van der Waals surface area contributed by atoms with Crippen LogP contribution in [-0.4, -0.2) is 25.4 Å². The first-order chi connectivity index (χ1) is 12.3. The molecule has 1 unspecified atom stereocenters. The predicted molar refractivity (Wildman–Crippen MR) is 101 cm³/mol. The van der Waals surface area contributed by atoms with Gasteiger partial charge in [0.1, 0.15) is 12.4 Å². The Kier molecular flexibility index (Phi) is 6.04. The van der Waals surface area contributed by atoms with E-state index >= 15 is 0 Å². The number of aliphatic hydroxyl groups is 1. The number of fused-ring (bicyclic) bond motifs is 1. The number of aliphatic hydroxyl groups excluding tert-OH is 1. The van der Waals surface area contributed by atoms with Gasteiger partial charge >= 0.3 is 0 Å². The second kappa shape index (κ2) is 8.65. The molecule has 0 bridgehead atoms. The second-order valence-corrected chi connectivity index (χ2v) is 6.20. The van der Waals surface area contributed by atoms with E-state index in [1.165, 1.54) is 10.8 Å². The highest BCUT2D eigenvalue weighted by Crippen LogP contribution is 2.24. The van der Waals surface area contributed by atoms with E-state index in [1.807, 2.05) is 36.4 Å². The van der Waals surface area contributed by atoms with Crippen molar-refractivity contribution in [1.29, 1.82) is 0 Å². The van der Waals surface area contributed by atoms with Gasteiger partial charge in [-0.25, -0.2) is 0 Å². The fraction of sp³-hybridized carbons (Fsp3) is 0.273. The zero-order valence-corrected chi connectivity index (χ0v) is 14.5. The van der Waals surface area contributed by atoms with Crippen LogP contribution in [0.15, 0.2) is 66.7 Å². The van der Waals surface area contributed by atoms with E-state index < -0.39 is 0 Å². The van der Waals surface area contributed by atoms with E-state index in [0.29, 0.717) is 13.2 Å². The van der Waals surface area contributed by atoms with Crippen LogP contribution in [0.4, 0.5) is 0 Å². The van der Waals surface area contributed by atoms with Gasteiger partial charge in [-0.1, -0.05) is 48.5 Å². The van der Waals surface area contributed by atoms with E-state index in [2.05, 4.69) is 30.3 Å². The molecule has 0 amide bonds. The van der Waals surface area contributed by atoms with Crippen molar-refractivity contribution in [2.24, 2.45) is 0 Å². The molecule has 0 radical (unpaired) electrons. The summed E-state index contributed by atoms with van der Waals surface area (Å²) in [5.41, 5.74) is 2.22. The third kappa shape index (κ3) is 4.59. The summed E-state index contributed by atoms with van der Waals surface area (Å²) in [6.07, 6.45) is 0.793. The van der Waals surface area contributed by atoms with Gasteiger partial charge in [0.05, 0.1) is 6.61 Å². The maximum absolute atomic E-state index is 9.61. The summed E-state index contributed by atoms with van der Waals surface area (Å²) in [4.78, 5) is 0. The molecule has 130 valence electrons. The molecule has 1 atom stereocenters. The Balaban J connectivity index is 1.68. The van der Waals surface area contributed by atoms with Gasteiger partial charge in [0.25, 0.3) is 0 Å². The first kappa shape index (κ1) is 17.5. The van der Waals surface area contributed by atoms with E-state index in [1.54, 1.807) is 7.11 Å². The van der Waals surface area contributed by atoms with Gasteiger partial charge in [-0.05, 0) is 46.5 Å². The number of benzene rings is 3. The topological polar surface area (TPSA) is 38.7 Å². The van der Waals surface area contributed by atoms with E-state index in [0.717, 1.165) is 23.3 Å². The lowest BCUT2D eigenvalue weighted by atomic mass is 9.97. The molecule has 0 aliphatic rings. The third-order valence-electron chi connectivity index (χ3n) is 4.44. The molecule has 1 N–H and O–H groups in total. The number of hydrogen-bond donors (Lipinski definition) is 1. The molecule has 0 saturated carbocycles. The van der Waals surface area contributed by atoms with E-state index in [4.69, 9.17) is 9.47 Å². The minimum Gasteiger partial charge on any atom is -0.489 e. The Labute approximate surface area is 148 Å². The van der Waals surface area contributed by atoms with Crippen molar-refractivity contribution in [3.05, 3.63) is 77.9 Å². The first-order valence-electron chi connectivity index (χ1n) is 8.60. The molecule has 25 heavy (non-hydrogen) atoms. The van der Waals surface area contributed by atoms with Crippen molar-refractivity contribution in [2.45, 2.75) is 18.9 Å². The average Bonchev–Trinajstić information content (AvgIpc) is 2.67. The van der Waals surface area contributed by atoms with Crippen LogP contribution in [0.5, 0.6) is 5.75 Å². The maximum atomic E-state index is 9.61. The van der Waals surface area contributed by atoms with Crippen LogP contribution in [0.3, 0.4) is 0 Å². The van der Waals surface area contributed by atoms with Crippen molar-refractivity contribution in [3.63, 3.8) is 0 Å². The SMILES string of the molecule is COCCC(CO)c1cccc(OCc2ccc3ccccc3c2)c1. The van der Waals surface area contributed by atoms with Crippen LogP contribution in [0.1, 0.15) is 23.5 Å². The summed E-state index contributed by atoms with van der Waals surface area (Å²) in [7, 11) is 1.68. The quantitative estimate of drug-likeness (QED) is 0.657. The lowest BCUT2D eigenvalue weighted by molar-refractivity contribution is 0.169. The monoisotopic (exact) mass is 336 g/mol. The summed E-state index contributed by atoms with van der Waals surface area (Å²) >= 11 is 0. The molecular formula is C22H24O3. The van der Waals surface area contributed by atoms with Gasteiger partial charge in [0.2, 0.25) is 0 Å². The van der Waals surface area contributed by atoms with Gasteiger partial charge in [0, 0.05) is 19.6 Å². The summed E-state index contributed by atoms with van der Waals surface area (Å²) in [6.45, 7) is 1.26. The number of ether oxygens (including phenoxy) is 2. The lowest BCUT2D eigenvalue weighted by Crippen LogP contribution is -2.07. The smallest absolute Gasteiger partial charge is 0.120 e. The van der Waals surface area contributed by atoms with Gasteiger partial charge in [0.15, 0.2) is 0 Å². The molecule has 0 aromatic heterocycles. The number of rotatable bonds is 8. The van der Waals surface area contributed by atoms with Gasteiger partial charge in [-0.15, -0.1) is 0 Å². The number of methoxy groups -OCH3 is 1. The summed E-state index contributed by atoms with van der Waals surface area (Å²) in [5.74, 6) is 0.894. The Bertz CT molecular complexity index is 813. The minimum atomic E-state index is 0.0733. The van der Waals surface area contributed by atoms with Crippen molar-refractivity contribution >= 4 is 10.8 Å². The van der Waals surface area contributed by atoms with Crippen LogP contribution in [0.25, 0.3) is 10.8 Å². The average molecular weight is 336 g/mol. The van der Waals surface area contributed by atoms with Crippen LogP contribution in [-0.2, 0) is 11.3 Å².